The Hall–Kier alpha value is -2.66. The van der Waals surface area contributed by atoms with Crippen LogP contribution in [0.1, 0.15) is 43.8 Å². The molecule has 0 N–H and O–H groups in total. The maximum atomic E-state index is 15.8. The molecule has 4 rings (SSSR count). The molecule has 214 valence electrons. The number of alkyl halides is 1. The van der Waals surface area contributed by atoms with Gasteiger partial charge in [0.05, 0.1) is 18.0 Å². The van der Waals surface area contributed by atoms with E-state index in [0.29, 0.717) is 42.2 Å². The number of benzene rings is 2. The summed E-state index contributed by atoms with van der Waals surface area (Å²) >= 11 is 0. The van der Waals surface area contributed by atoms with Gasteiger partial charge in [-0.25, -0.2) is 14.4 Å². The molecule has 2 aromatic heterocycles. The van der Waals surface area contributed by atoms with Crippen LogP contribution < -0.4 is 0 Å². The van der Waals surface area contributed by atoms with Crippen LogP contribution in [0.5, 0.6) is 0 Å². The molecule has 0 fully saturated rings. The van der Waals surface area contributed by atoms with E-state index in [9.17, 15) is 0 Å². The third-order valence-corrected chi connectivity index (χ3v) is 14.1. The van der Waals surface area contributed by atoms with Gasteiger partial charge < -0.3 is 13.7 Å². The van der Waals surface area contributed by atoms with Crippen LogP contribution in [-0.2, 0) is 22.5 Å². The van der Waals surface area contributed by atoms with Gasteiger partial charge in [-0.2, -0.15) is 0 Å². The molecule has 8 heteroatoms. The number of nitrogens with zero attached hydrogens (tertiary/aromatic N) is 3. The molecule has 0 aliphatic rings. The topological polar surface area (TPSA) is 49.2 Å². The molecule has 40 heavy (non-hydrogen) atoms. The zero-order chi connectivity index (χ0) is 29.1. The Morgan fingerprint density at radius 2 is 1.60 bits per heavy atom. The van der Waals surface area contributed by atoms with Crippen molar-refractivity contribution in [1.29, 1.82) is 0 Å². The molecule has 0 saturated heterocycles. The molecule has 0 bridgehead atoms. The molecule has 1 unspecified atom stereocenters. The third kappa shape index (κ3) is 7.15. The second-order valence-electron chi connectivity index (χ2n) is 13.3. The summed E-state index contributed by atoms with van der Waals surface area (Å²) in [6.07, 6.45) is 0.106. The SMILES string of the molecule is CC(C)(C)[Si](C)(C)OCc1ccc(-c2cc3c(C(F)c4ccccc4)ncnc3n2COCC[Si](C)(C)C)cc1. The molecule has 2 heterocycles. The van der Waals surface area contributed by atoms with Crippen molar-refractivity contribution >= 4 is 27.4 Å². The molecule has 0 saturated carbocycles. The Bertz CT molecular complexity index is 1410. The summed E-state index contributed by atoms with van der Waals surface area (Å²) in [4.78, 5) is 8.98. The van der Waals surface area contributed by atoms with Gasteiger partial charge in [0.2, 0.25) is 0 Å². The molecular formula is C32H44FN3O2Si2. The van der Waals surface area contributed by atoms with Crippen molar-refractivity contribution in [3.05, 3.63) is 83.8 Å². The van der Waals surface area contributed by atoms with Crippen molar-refractivity contribution in [2.24, 2.45) is 0 Å². The highest BCUT2D eigenvalue weighted by molar-refractivity contribution is 6.76. The standard InChI is InChI=1S/C32H44FN3O2Si2/c1-32(2,3)40(7,8)38-21-24-14-16-25(17-15-24)28-20-27-30(29(33)26-12-10-9-11-13-26)34-22-35-31(27)36(28)23-37-18-19-39(4,5)6/h9-17,20,22,29H,18-19,21,23H2,1-8H3. The lowest BCUT2D eigenvalue weighted by molar-refractivity contribution is 0.0909. The van der Waals surface area contributed by atoms with Gasteiger partial charge in [-0.15, -0.1) is 0 Å². The highest BCUT2D eigenvalue weighted by atomic mass is 28.4. The zero-order valence-electron chi connectivity index (χ0n) is 25.3. The van der Waals surface area contributed by atoms with E-state index >= 15 is 4.39 Å². The summed E-state index contributed by atoms with van der Waals surface area (Å²) in [6, 6.07) is 20.7. The van der Waals surface area contributed by atoms with Gasteiger partial charge in [0.25, 0.3) is 0 Å². The first-order valence-corrected chi connectivity index (χ1v) is 20.7. The summed E-state index contributed by atoms with van der Waals surface area (Å²) < 4.78 is 30.4. The van der Waals surface area contributed by atoms with E-state index in [0.717, 1.165) is 22.9 Å². The quantitative estimate of drug-likeness (QED) is 0.132. The van der Waals surface area contributed by atoms with Gasteiger partial charge in [-0.1, -0.05) is 95.0 Å². The first-order valence-electron chi connectivity index (χ1n) is 14.1. The van der Waals surface area contributed by atoms with E-state index in [1.807, 2.05) is 28.8 Å². The average Bonchev–Trinajstić information content (AvgIpc) is 3.28. The maximum absolute atomic E-state index is 15.8. The van der Waals surface area contributed by atoms with E-state index in [2.05, 4.69) is 87.7 Å². The van der Waals surface area contributed by atoms with Gasteiger partial charge >= 0.3 is 0 Å². The Kier molecular flexibility index (Phi) is 9.14. The Balaban J connectivity index is 1.68. The molecule has 0 spiro atoms. The smallest absolute Gasteiger partial charge is 0.192 e. The van der Waals surface area contributed by atoms with Crippen LogP contribution in [0.15, 0.2) is 67.0 Å². The van der Waals surface area contributed by atoms with Crippen LogP contribution in [0.3, 0.4) is 0 Å². The first-order chi connectivity index (χ1) is 18.8. The number of aromatic nitrogens is 3. The monoisotopic (exact) mass is 577 g/mol. The number of fused-ring (bicyclic) bond motifs is 1. The lowest BCUT2D eigenvalue weighted by Gasteiger charge is -2.36. The van der Waals surface area contributed by atoms with E-state index in [-0.39, 0.29) is 5.04 Å². The second-order valence-corrected chi connectivity index (χ2v) is 23.8. The first kappa shape index (κ1) is 30.3. The van der Waals surface area contributed by atoms with Gasteiger partial charge in [0, 0.05) is 20.1 Å². The van der Waals surface area contributed by atoms with Crippen molar-refractivity contribution in [2.45, 2.75) is 84.1 Å². The summed E-state index contributed by atoms with van der Waals surface area (Å²) in [5.41, 5.74) is 4.71. The summed E-state index contributed by atoms with van der Waals surface area (Å²) in [6.45, 7) is 20.0. The molecule has 0 amide bonds. The fraction of sp³-hybridized carbons (Fsp3) is 0.438. The highest BCUT2D eigenvalue weighted by Crippen LogP contribution is 2.38. The number of rotatable bonds is 11. The zero-order valence-corrected chi connectivity index (χ0v) is 27.3. The van der Waals surface area contributed by atoms with Crippen molar-refractivity contribution in [3.63, 3.8) is 0 Å². The normalized spacial score (nSPS) is 13.6. The van der Waals surface area contributed by atoms with Crippen LogP contribution >= 0.6 is 0 Å². The molecule has 0 aliphatic heterocycles. The van der Waals surface area contributed by atoms with E-state index < -0.39 is 22.6 Å². The predicted molar refractivity (Wildman–Crippen MR) is 168 cm³/mol. The van der Waals surface area contributed by atoms with Gasteiger partial charge in [-0.3, -0.25) is 0 Å². The van der Waals surface area contributed by atoms with E-state index in [4.69, 9.17) is 9.16 Å². The van der Waals surface area contributed by atoms with Crippen molar-refractivity contribution in [2.75, 3.05) is 6.61 Å². The van der Waals surface area contributed by atoms with Gasteiger partial charge in [0.15, 0.2) is 14.5 Å². The fourth-order valence-corrected chi connectivity index (χ4v) is 5.94. The minimum atomic E-state index is -1.84. The molecular weight excluding hydrogens is 534 g/mol. The number of ether oxygens (including phenoxy) is 1. The number of hydrogen-bond donors (Lipinski definition) is 0. The van der Waals surface area contributed by atoms with Crippen LogP contribution in [0.25, 0.3) is 22.3 Å². The summed E-state index contributed by atoms with van der Waals surface area (Å²) in [5.74, 6) is 0. The Morgan fingerprint density at radius 3 is 2.23 bits per heavy atom. The van der Waals surface area contributed by atoms with Gasteiger partial charge in [-0.05, 0) is 46.9 Å². The van der Waals surface area contributed by atoms with Crippen molar-refractivity contribution < 1.29 is 13.6 Å². The average molecular weight is 578 g/mol. The Labute approximate surface area is 240 Å². The van der Waals surface area contributed by atoms with Crippen molar-refractivity contribution in [3.8, 4) is 11.3 Å². The predicted octanol–water partition coefficient (Wildman–Crippen LogP) is 8.99. The molecule has 5 nitrogen and oxygen atoms in total. The molecule has 1 atom stereocenters. The second kappa shape index (κ2) is 12.1. The minimum Gasteiger partial charge on any atom is -0.413 e. The number of halogens is 1. The maximum Gasteiger partial charge on any atom is 0.192 e. The van der Waals surface area contributed by atoms with E-state index in [1.54, 1.807) is 12.1 Å². The van der Waals surface area contributed by atoms with Crippen LogP contribution in [0.4, 0.5) is 4.39 Å². The lowest BCUT2D eigenvalue weighted by Crippen LogP contribution is -2.40. The summed E-state index contributed by atoms with van der Waals surface area (Å²) in [5, 5.41) is 0.865. The fourth-order valence-electron chi connectivity index (χ4n) is 4.22. The van der Waals surface area contributed by atoms with E-state index in [1.165, 1.54) is 6.33 Å². The number of hydrogen-bond acceptors (Lipinski definition) is 4. The van der Waals surface area contributed by atoms with Crippen LogP contribution in [-0.4, -0.2) is 37.5 Å². The molecule has 2 aromatic carbocycles. The van der Waals surface area contributed by atoms with Crippen molar-refractivity contribution in [1.82, 2.24) is 14.5 Å². The molecule has 0 aliphatic carbocycles. The van der Waals surface area contributed by atoms with Crippen LogP contribution in [0.2, 0.25) is 43.8 Å². The summed E-state index contributed by atoms with van der Waals surface area (Å²) in [7, 11) is -3.07. The molecule has 4 aromatic rings. The third-order valence-electron chi connectivity index (χ3n) is 7.93. The highest BCUT2D eigenvalue weighted by Gasteiger charge is 2.37. The lowest BCUT2D eigenvalue weighted by atomic mass is 10.0. The van der Waals surface area contributed by atoms with Gasteiger partial charge in [0.1, 0.15) is 18.7 Å². The Morgan fingerprint density at radius 1 is 0.925 bits per heavy atom. The molecule has 0 radical (unpaired) electrons. The largest absolute Gasteiger partial charge is 0.413 e. The minimum absolute atomic E-state index is 0.163. The van der Waals surface area contributed by atoms with Crippen LogP contribution in [0, 0.1) is 0 Å².